The number of nitrogens with zero attached hydrogens (tertiary/aromatic N) is 2. The van der Waals surface area contributed by atoms with Crippen molar-refractivity contribution in [1.82, 2.24) is 10.3 Å². The summed E-state index contributed by atoms with van der Waals surface area (Å²) in [6.45, 7) is 4.61. The molecule has 0 radical (unpaired) electrons. The van der Waals surface area contributed by atoms with Crippen LogP contribution in [-0.2, 0) is 19.5 Å². The topological polar surface area (TPSA) is 64.9 Å². The van der Waals surface area contributed by atoms with E-state index in [0.717, 1.165) is 26.1 Å². The van der Waals surface area contributed by atoms with Gasteiger partial charge in [0.05, 0.1) is 5.71 Å². The number of aromatic hydroxyl groups is 1. The quantitative estimate of drug-likeness (QED) is 0.501. The molecule has 0 atom stereocenters. The third-order valence-corrected chi connectivity index (χ3v) is 5.45. The van der Waals surface area contributed by atoms with Crippen LogP contribution in [0, 0.1) is 0 Å². The van der Waals surface area contributed by atoms with E-state index in [1.165, 1.54) is 16.7 Å². The van der Waals surface area contributed by atoms with Crippen molar-refractivity contribution in [3.8, 4) is 5.75 Å². The van der Waals surface area contributed by atoms with Crippen LogP contribution in [0.1, 0.15) is 39.5 Å². The molecule has 1 aliphatic heterocycles. The summed E-state index contributed by atoms with van der Waals surface area (Å²) in [4.78, 5) is 14.8. The fourth-order valence-corrected chi connectivity index (χ4v) is 3.75. The molecule has 5 heteroatoms. The number of carbonyl (C=O) groups is 1. The zero-order valence-corrected chi connectivity index (χ0v) is 17.0. The molecular formula is C25H25N3O2. The third-order valence-electron chi connectivity index (χ3n) is 5.45. The van der Waals surface area contributed by atoms with Gasteiger partial charge in [-0.3, -0.25) is 9.69 Å². The molecule has 30 heavy (non-hydrogen) atoms. The van der Waals surface area contributed by atoms with Crippen LogP contribution in [0.15, 0.2) is 77.9 Å². The van der Waals surface area contributed by atoms with E-state index in [0.29, 0.717) is 16.8 Å². The summed E-state index contributed by atoms with van der Waals surface area (Å²) in [5.74, 6) is -0.138. The van der Waals surface area contributed by atoms with E-state index in [2.05, 4.69) is 39.7 Å². The monoisotopic (exact) mass is 399 g/mol. The molecule has 0 spiro atoms. The Morgan fingerprint density at radius 2 is 1.70 bits per heavy atom. The Morgan fingerprint density at radius 1 is 1.00 bits per heavy atom. The van der Waals surface area contributed by atoms with Gasteiger partial charge < -0.3 is 5.11 Å². The number of phenolic OH excluding ortho intramolecular Hbond substituents is 1. The van der Waals surface area contributed by atoms with Crippen molar-refractivity contribution < 1.29 is 9.90 Å². The van der Waals surface area contributed by atoms with Crippen molar-refractivity contribution >= 4 is 11.6 Å². The zero-order chi connectivity index (χ0) is 20.9. The summed E-state index contributed by atoms with van der Waals surface area (Å²) in [6, 6.07) is 23.2. The molecule has 1 aliphatic rings. The molecule has 0 saturated carbocycles. The van der Waals surface area contributed by atoms with E-state index in [4.69, 9.17) is 0 Å². The number of rotatable bonds is 5. The van der Waals surface area contributed by atoms with Gasteiger partial charge in [0.1, 0.15) is 5.75 Å². The van der Waals surface area contributed by atoms with Crippen LogP contribution in [0.2, 0.25) is 0 Å². The Morgan fingerprint density at radius 3 is 2.47 bits per heavy atom. The SMILES string of the molecule is C/C(=N/NC(=O)c1ccc(CN2CCc3ccccc3C2)cc1)c1ccccc1O. The van der Waals surface area contributed by atoms with Crippen LogP contribution in [-0.4, -0.2) is 28.2 Å². The lowest BCUT2D eigenvalue weighted by Gasteiger charge is -2.28. The minimum Gasteiger partial charge on any atom is -0.507 e. The van der Waals surface area contributed by atoms with E-state index < -0.39 is 0 Å². The van der Waals surface area contributed by atoms with E-state index in [1.54, 1.807) is 25.1 Å². The van der Waals surface area contributed by atoms with Gasteiger partial charge in [0, 0.05) is 30.8 Å². The molecule has 0 fully saturated rings. The van der Waals surface area contributed by atoms with Gasteiger partial charge >= 0.3 is 0 Å². The Balaban J connectivity index is 1.36. The van der Waals surface area contributed by atoms with Crippen molar-refractivity contribution in [3.63, 3.8) is 0 Å². The first-order chi connectivity index (χ1) is 14.6. The first kappa shape index (κ1) is 19.9. The summed E-state index contributed by atoms with van der Waals surface area (Å²) in [5, 5.41) is 14.0. The molecule has 4 rings (SSSR count). The molecular weight excluding hydrogens is 374 g/mol. The predicted octanol–water partition coefficient (Wildman–Crippen LogP) is 4.10. The molecule has 0 saturated heterocycles. The maximum Gasteiger partial charge on any atom is 0.271 e. The summed E-state index contributed by atoms with van der Waals surface area (Å²) in [7, 11) is 0. The van der Waals surface area contributed by atoms with E-state index in [1.807, 2.05) is 30.3 Å². The maximum absolute atomic E-state index is 12.4. The third kappa shape index (κ3) is 4.58. The molecule has 0 bridgehead atoms. The van der Waals surface area contributed by atoms with Gasteiger partial charge in [0.25, 0.3) is 5.91 Å². The molecule has 152 valence electrons. The fraction of sp³-hybridized carbons (Fsp3) is 0.200. The maximum atomic E-state index is 12.4. The van der Waals surface area contributed by atoms with Gasteiger partial charge in [0.2, 0.25) is 0 Å². The van der Waals surface area contributed by atoms with Crippen molar-refractivity contribution in [3.05, 3.63) is 101 Å². The molecule has 1 amide bonds. The zero-order valence-electron chi connectivity index (χ0n) is 17.0. The molecule has 3 aromatic carbocycles. The number of benzene rings is 3. The highest BCUT2D eigenvalue weighted by molar-refractivity contribution is 6.02. The number of phenols is 1. The number of amides is 1. The molecule has 0 unspecified atom stereocenters. The fourth-order valence-electron chi connectivity index (χ4n) is 3.75. The Kier molecular flexibility index (Phi) is 5.91. The second-order valence-corrected chi connectivity index (χ2v) is 7.58. The number of hydrazone groups is 1. The van der Waals surface area contributed by atoms with Crippen molar-refractivity contribution in [2.45, 2.75) is 26.4 Å². The van der Waals surface area contributed by atoms with Crippen LogP contribution in [0.5, 0.6) is 5.75 Å². The molecule has 1 heterocycles. The summed E-state index contributed by atoms with van der Waals surface area (Å²) in [5.41, 5.74) is 8.28. The average molecular weight is 399 g/mol. The summed E-state index contributed by atoms with van der Waals surface area (Å²) < 4.78 is 0. The van der Waals surface area contributed by atoms with Crippen LogP contribution in [0.3, 0.4) is 0 Å². The van der Waals surface area contributed by atoms with Gasteiger partial charge in [-0.25, -0.2) is 5.43 Å². The first-order valence-corrected chi connectivity index (χ1v) is 10.1. The van der Waals surface area contributed by atoms with E-state index >= 15 is 0 Å². The van der Waals surface area contributed by atoms with Crippen LogP contribution < -0.4 is 5.43 Å². The van der Waals surface area contributed by atoms with Crippen molar-refractivity contribution in [1.29, 1.82) is 0 Å². The van der Waals surface area contributed by atoms with Gasteiger partial charge in [-0.05, 0) is 54.3 Å². The van der Waals surface area contributed by atoms with Crippen LogP contribution in [0.25, 0.3) is 0 Å². The summed E-state index contributed by atoms with van der Waals surface area (Å²) >= 11 is 0. The second-order valence-electron chi connectivity index (χ2n) is 7.58. The number of hydrogen-bond donors (Lipinski definition) is 2. The highest BCUT2D eigenvalue weighted by atomic mass is 16.3. The van der Waals surface area contributed by atoms with Crippen LogP contribution >= 0.6 is 0 Å². The Labute approximate surface area is 176 Å². The van der Waals surface area contributed by atoms with Crippen molar-refractivity contribution in [2.24, 2.45) is 5.10 Å². The Bertz CT molecular complexity index is 1070. The standard InChI is InChI=1S/C25H25N3O2/c1-18(23-8-4-5-9-24(23)29)26-27-25(30)21-12-10-19(11-13-21)16-28-15-14-20-6-2-3-7-22(20)17-28/h2-13,29H,14-17H2,1H3,(H,27,30)/b26-18-. The van der Waals surface area contributed by atoms with E-state index in [9.17, 15) is 9.90 Å². The van der Waals surface area contributed by atoms with Gasteiger partial charge in [-0.2, -0.15) is 5.10 Å². The number of hydrogen-bond acceptors (Lipinski definition) is 4. The largest absolute Gasteiger partial charge is 0.507 e. The minimum atomic E-state index is -0.275. The van der Waals surface area contributed by atoms with Gasteiger partial charge in [-0.1, -0.05) is 48.5 Å². The van der Waals surface area contributed by atoms with Crippen LogP contribution in [0.4, 0.5) is 0 Å². The smallest absolute Gasteiger partial charge is 0.271 e. The lowest BCUT2D eigenvalue weighted by molar-refractivity contribution is 0.0955. The van der Waals surface area contributed by atoms with E-state index in [-0.39, 0.29) is 11.7 Å². The molecule has 5 nitrogen and oxygen atoms in total. The number of nitrogens with one attached hydrogen (secondary N) is 1. The molecule has 0 aromatic heterocycles. The number of carbonyl (C=O) groups excluding carboxylic acids is 1. The normalized spacial score (nSPS) is 14.2. The van der Waals surface area contributed by atoms with Crippen molar-refractivity contribution in [2.75, 3.05) is 6.54 Å². The Hall–Kier alpha value is -3.44. The minimum absolute atomic E-state index is 0.137. The lowest BCUT2D eigenvalue weighted by Crippen LogP contribution is -2.30. The average Bonchev–Trinajstić information content (AvgIpc) is 2.78. The summed E-state index contributed by atoms with van der Waals surface area (Å²) in [6.07, 6.45) is 1.07. The molecule has 0 aliphatic carbocycles. The molecule has 2 N–H and O–H groups in total. The molecule has 3 aromatic rings. The van der Waals surface area contributed by atoms with Gasteiger partial charge in [-0.15, -0.1) is 0 Å². The van der Waals surface area contributed by atoms with Gasteiger partial charge in [0.15, 0.2) is 0 Å². The number of fused-ring (bicyclic) bond motifs is 1. The predicted molar refractivity (Wildman–Crippen MR) is 118 cm³/mol. The second kappa shape index (κ2) is 8.93. The highest BCUT2D eigenvalue weighted by Crippen LogP contribution is 2.20. The highest BCUT2D eigenvalue weighted by Gasteiger charge is 2.16. The first-order valence-electron chi connectivity index (χ1n) is 10.1. The number of para-hydroxylation sites is 1. The lowest BCUT2D eigenvalue weighted by atomic mass is 9.99.